The van der Waals surface area contributed by atoms with Crippen molar-refractivity contribution in [3.05, 3.63) is 125 Å². The van der Waals surface area contributed by atoms with Crippen molar-refractivity contribution in [2.45, 2.75) is 66.0 Å². The van der Waals surface area contributed by atoms with E-state index in [2.05, 4.69) is 53.7 Å². The molecular formula is C40H44N2O6. The van der Waals surface area contributed by atoms with E-state index in [9.17, 15) is 9.59 Å². The number of amides is 1. The zero-order valence-corrected chi connectivity index (χ0v) is 28.4. The average molecular weight is 649 g/mol. The van der Waals surface area contributed by atoms with Gasteiger partial charge in [0.05, 0.1) is 19.6 Å². The maximum Gasteiger partial charge on any atom is 0.407 e. The Morgan fingerprint density at radius 3 is 2.35 bits per heavy atom. The van der Waals surface area contributed by atoms with Gasteiger partial charge in [0.25, 0.3) is 0 Å². The molecule has 0 aliphatic rings. The first-order valence-electron chi connectivity index (χ1n) is 16.3. The highest BCUT2D eigenvalue weighted by Crippen LogP contribution is 2.34. The van der Waals surface area contributed by atoms with Crippen molar-refractivity contribution in [3.8, 4) is 16.9 Å². The molecule has 48 heavy (non-hydrogen) atoms. The number of alkyl carbamates (subject to hydrolysis) is 1. The summed E-state index contributed by atoms with van der Waals surface area (Å²) in [5.41, 5.74) is 5.95. The van der Waals surface area contributed by atoms with Crippen molar-refractivity contribution in [1.82, 2.24) is 10.2 Å². The molecule has 1 heterocycles. The Hall–Kier alpha value is -5.08. The number of furan rings is 1. The van der Waals surface area contributed by atoms with Crippen LogP contribution in [0.3, 0.4) is 0 Å². The highest BCUT2D eigenvalue weighted by Gasteiger charge is 2.18. The van der Waals surface area contributed by atoms with Crippen molar-refractivity contribution in [3.63, 3.8) is 0 Å². The van der Waals surface area contributed by atoms with Crippen molar-refractivity contribution >= 4 is 23.0 Å². The number of ether oxygens (including phenoxy) is 3. The lowest BCUT2D eigenvalue weighted by Crippen LogP contribution is -2.32. The van der Waals surface area contributed by atoms with E-state index in [1.165, 1.54) is 5.56 Å². The van der Waals surface area contributed by atoms with Gasteiger partial charge < -0.3 is 23.9 Å². The summed E-state index contributed by atoms with van der Waals surface area (Å²) in [5, 5.41) is 3.81. The quantitative estimate of drug-likeness (QED) is 0.128. The van der Waals surface area contributed by atoms with E-state index < -0.39 is 11.7 Å². The number of para-hydroxylation sites is 1. The van der Waals surface area contributed by atoms with E-state index in [-0.39, 0.29) is 19.0 Å². The summed E-state index contributed by atoms with van der Waals surface area (Å²) in [6.07, 6.45) is -0.326. The molecule has 0 fully saturated rings. The number of carbonyl (C=O) groups excluding carboxylic acids is 2. The third-order valence-corrected chi connectivity index (χ3v) is 7.53. The van der Waals surface area contributed by atoms with E-state index in [4.69, 9.17) is 18.6 Å². The molecule has 1 aromatic heterocycles. The molecule has 0 unspecified atom stereocenters. The first-order chi connectivity index (χ1) is 23.1. The molecule has 0 radical (unpaired) electrons. The molecule has 1 N–H and O–H groups in total. The molecule has 0 atom stereocenters. The fourth-order valence-electron chi connectivity index (χ4n) is 5.52. The lowest BCUT2D eigenvalue weighted by molar-refractivity contribution is -0.142. The lowest BCUT2D eigenvalue weighted by Gasteiger charge is -2.19. The Kier molecular flexibility index (Phi) is 11.2. The van der Waals surface area contributed by atoms with Gasteiger partial charge in [0.2, 0.25) is 0 Å². The Labute approximate surface area is 282 Å². The number of rotatable bonds is 13. The summed E-state index contributed by atoms with van der Waals surface area (Å²) >= 11 is 0. The summed E-state index contributed by atoms with van der Waals surface area (Å²) in [6, 6.07) is 32.2. The number of hydrogen-bond acceptors (Lipinski definition) is 7. The number of esters is 1. The monoisotopic (exact) mass is 648 g/mol. The third kappa shape index (κ3) is 9.72. The second-order valence-corrected chi connectivity index (χ2v) is 12.9. The van der Waals surface area contributed by atoms with E-state index in [0.29, 0.717) is 25.4 Å². The van der Waals surface area contributed by atoms with Crippen LogP contribution in [0.25, 0.3) is 22.1 Å². The third-order valence-electron chi connectivity index (χ3n) is 7.53. The molecule has 0 bridgehead atoms. The van der Waals surface area contributed by atoms with Gasteiger partial charge in [-0.05, 0) is 87.3 Å². The SMILES string of the molecule is CCOC(=O)Cc1ccccc1OCc1cc(-c2cccc(CNC(=O)OC(C)(C)C)c2)c2oc(CN(C)Cc3ccccc3)cc2c1. The zero-order valence-electron chi connectivity index (χ0n) is 28.4. The minimum absolute atomic E-state index is 0.139. The molecule has 1 amide bonds. The fourth-order valence-corrected chi connectivity index (χ4v) is 5.52. The van der Waals surface area contributed by atoms with Crippen LogP contribution in [0.4, 0.5) is 4.79 Å². The topological polar surface area (TPSA) is 90.2 Å². The molecule has 0 spiro atoms. The molecule has 8 heteroatoms. The predicted octanol–water partition coefficient (Wildman–Crippen LogP) is 8.44. The summed E-state index contributed by atoms with van der Waals surface area (Å²) in [6.45, 7) is 9.68. The van der Waals surface area contributed by atoms with Crippen LogP contribution in [0.2, 0.25) is 0 Å². The number of fused-ring (bicyclic) bond motifs is 1. The van der Waals surface area contributed by atoms with Gasteiger partial charge in [-0.25, -0.2) is 4.79 Å². The van der Waals surface area contributed by atoms with Gasteiger partial charge in [0, 0.05) is 29.6 Å². The number of carbonyl (C=O) groups is 2. The van der Waals surface area contributed by atoms with E-state index in [1.807, 2.05) is 81.4 Å². The second kappa shape index (κ2) is 15.7. The standard InChI is InChI=1S/C40H44N2O6/c1-6-45-37(43)23-32-16-10-11-18-36(32)46-27-30-20-33-22-34(26-42(5)25-28-13-8-7-9-14-28)47-38(33)35(21-30)31-17-12-15-29(19-31)24-41-39(44)48-40(2,3)4/h7-22H,6,23-27H2,1-5H3,(H,41,44). The highest BCUT2D eigenvalue weighted by molar-refractivity contribution is 5.93. The van der Waals surface area contributed by atoms with Crippen LogP contribution in [-0.2, 0) is 46.9 Å². The van der Waals surface area contributed by atoms with Crippen LogP contribution in [0.5, 0.6) is 5.75 Å². The molecule has 0 aliphatic heterocycles. The van der Waals surface area contributed by atoms with Crippen molar-refractivity contribution < 1.29 is 28.2 Å². The van der Waals surface area contributed by atoms with Crippen LogP contribution in [0, 0.1) is 0 Å². The number of benzene rings is 4. The van der Waals surface area contributed by atoms with Crippen LogP contribution >= 0.6 is 0 Å². The lowest BCUT2D eigenvalue weighted by atomic mass is 9.99. The van der Waals surface area contributed by atoms with Crippen molar-refractivity contribution in [2.75, 3.05) is 13.7 Å². The fraction of sp³-hybridized carbons (Fsp3) is 0.300. The molecule has 0 saturated heterocycles. The van der Waals surface area contributed by atoms with Crippen molar-refractivity contribution in [1.29, 1.82) is 0 Å². The Morgan fingerprint density at radius 1 is 0.833 bits per heavy atom. The highest BCUT2D eigenvalue weighted by atomic mass is 16.6. The molecule has 5 rings (SSSR count). The normalized spacial score (nSPS) is 11.5. The molecule has 5 aromatic rings. The Bertz CT molecular complexity index is 1840. The van der Waals surface area contributed by atoms with E-state index >= 15 is 0 Å². The predicted molar refractivity (Wildman–Crippen MR) is 187 cm³/mol. The van der Waals surface area contributed by atoms with Crippen molar-refractivity contribution in [2.24, 2.45) is 0 Å². The molecule has 4 aromatic carbocycles. The van der Waals surface area contributed by atoms with Gasteiger partial charge in [-0.2, -0.15) is 0 Å². The van der Waals surface area contributed by atoms with E-state index in [0.717, 1.165) is 51.1 Å². The van der Waals surface area contributed by atoms with Gasteiger partial charge in [-0.1, -0.05) is 66.7 Å². The first-order valence-corrected chi connectivity index (χ1v) is 16.3. The van der Waals surface area contributed by atoms with Crippen LogP contribution in [0.1, 0.15) is 55.7 Å². The molecule has 8 nitrogen and oxygen atoms in total. The second-order valence-electron chi connectivity index (χ2n) is 12.9. The smallest absolute Gasteiger partial charge is 0.407 e. The summed E-state index contributed by atoms with van der Waals surface area (Å²) in [7, 11) is 2.08. The minimum Gasteiger partial charge on any atom is -0.489 e. The summed E-state index contributed by atoms with van der Waals surface area (Å²) in [4.78, 5) is 26.8. The van der Waals surface area contributed by atoms with Gasteiger partial charge in [-0.3, -0.25) is 9.69 Å². The number of hydrogen-bond donors (Lipinski definition) is 1. The Morgan fingerprint density at radius 2 is 1.58 bits per heavy atom. The van der Waals surface area contributed by atoms with Gasteiger partial charge in [-0.15, -0.1) is 0 Å². The maximum atomic E-state index is 12.3. The number of nitrogens with zero attached hydrogens (tertiary/aromatic N) is 1. The minimum atomic E-state index is -0.578. The largest absolute Gasteiger partial charge is 0.489 e. The van der Waals surface area contributed by atoms with Gasteiger partial charge in [0.15, 0.2) is 0 Å². The zero-order chi connectivity index (χ0) is 34.1. The Balaban J connectivity index is 1.43. The van der Waals surface area contributed by atoms with Crippen LogP contribution in [0.15, 0.2) is 101 Å². The molecular weight excluding hydrogens is 604 g/mol. The van der Waals surface area contributed by atoms with Gasteiger partial charge in [0.1, 0.15) is 29.3 Å². The van der Waals surface area contributed by atoms with Gasteiger partial charge >= 0.3 is 12.1 Å². The van der Waals surface area contributed by atoms with Crippen LogP contribution in [-0.4, -0.2) is 36.2 Å². The molecule has 0 aliphatic carbocycles. The molecule has 250 valence electrons. The van der Waals surface area contributed by atoms with Crippen LogP contribution < -0.4 is 10.1 Å². The first kappa shape index (κ1) is 34.3. The summed E-state index contributed by atoms with van der Waals surface area (Å²) < 4.78 is 23.4. The average Bonchev–Trinajstić information content (AvgIpc) is 3.45. The molecule has 0 saturated carbocycles. The summed E-state index contributed by atoms with van der Waals surface area (Å²) in [5.74, 6) is 1.20. The number of nitrogens with one attached hydrogen (secondary N) is 1. The van der Waals surface area contributed by atoms with E-state index in [1.54, 1.807) is 6.92 Å². The maximum absolute atomic E-state index is 12.3.